The van der Waals surface area contributed by atoms with Crippen molar-refractivity contribution in [3.05, 3.63) is 64.2 Å². The Balaban J connectivity index is 2.00. The molecule has 0 radical (unpaired) electrons. The van der Waals surface area contributed by atoms with Crippen molar-refractivity contribution in [2.45, 2.75) is 47.5 Å². The molecule has 0 aliphatic carbocycles. The first-order valence-electron chi connectivity index (χ1n) is 9.64. The molecule has 0 N–H and O–H groups in total. The van der Waals surface area contributed by atoms with Crippen LogP contribution in [0.1, 0.15) is 54.5 Å². The normalized spacial score (nSPS) is 10.8. The zero-order valence-electron chi connectivity index (χ0n) is 17.8. The summed E-state index contributed by atoms with van der Waals surface area (Å²) in [5, 5.41) is 0. The third-order valence-electron chi connectivity index (χ3n) is 4.86. The molecule has 0 bridgehead atoms. The van der Waals surface area contributed by atoms with Gasteiger partial charge in [0.25, 0.3) is 0 Å². The maximum Gasteiger partial charge on any atom is 0.311 e. The molecule has 3 heteroatoms. The predicted molar refractivity (Wildman–Crippen MR) is 114 cm³/mol. The summed E-state index contributed by atoms with van der Waals surface area (Å²) in [6.07, 6.45) is 1.51. The summed E-state index contributed by atoms with van der Waals surface area (Å²) in [4.78, 5) is 11.7. The number of methoxy groups -OCH3 is 1. The summed E-state index contributed by atoms with van der Waals surface area (Å²) in [6.45, 7) is 10.5. The third kappa shape index (κ3) is 5.89. The lowest BCUT2D eigenvalue weighted by molar-refractivity contribution is -0.151. The smallest absolute Gasteiger partial charge is 0.311 e. The monoisotopic (exact) mass is 378 g/mol. The van der Waals surface area contributed by atoms with Crippen molar-refractivity contribution in [3.8, 4) is 17.6 Å². The molecule has 0 fully saturated rings. The molecule has 0 unspecified atom stereocenters. The predicted octanol–water partition coefficient (Wildman–Crippen LogP) is 5.37. The van der Waals surface area contributed by atoms with Gasteiger partial charge in [0.05, 0.1) is 19.1 Å². The van der Waals surface area contributed by atoms with Crippen LogP contribution in [0.15, 0.2) is 36.4 Å². The molecule has 0 saturated carbocycles. The number of hydrogen-bond donors (Lipinski definition) is 0. The van der Waals surface area contributed by atoms with Gasteiger partial charge in [-0.25, -0.2) is 0 Å². The Morgan fingerprint density at radius 3 is 2.32 bits per heavy atom. The summed E-state index contributed by atoms with van der Waals surface area (Å²) in [6, 6.07) is 12.3. The minimum atomic E-state index is -0.488. The van der Waals surface area contributed by atoms with Crippen LogP contribution >= 0.6 is 0 Å². The van der Waals surface area contributed by atoms with E-state index in [1.165, 1.54) is 12.7 Å². The van der Waals surface area contributed by atoms with Crippen molar-refractivity contribution in [1.82, 2.24) is 0 Å². The number of ether oxygens (including phenoxy) is 2. The van der Waals surface area contributed by atoms with E-state index in [4.69, 9.17) is 9.47 Å². The molecule has 0 aliphatic rings. The second-order valence-electron chi connectivity index (χ2n) is 7.88. The van der Waals surface area contributed by atoms with Gasteiger partial charge in [-0.1, -0.05) is 29.5 Å². The molecule has 0 atom stereocenters. The molecule has 0 spiro atoms. The van der Waals surface area contributed by atoms with E-state index in [-0.39, 0.29) is 5.97 Å². The zero-order valence-corrected chi connectivity index (χ0v) is 17.8. The van der Waals surface area contributed by atoms with Gasteiger partial charge >= 0.3 is 5.97 Å². The largest absolute Gasteiger partial charge is 0.493 e. The van der Waals surface area contributed by atoms with Gasteiger partial charge in [0.1, 0.15) is 5.75 Å². The van der Waals surface area contributed by atoms with Gasteiger partial charge in [-0.15, -0.1) is 0 Å². The quantitative estimate of drug-likeness (QED) is 0.385. The van der Waals surface area contributed by atoms with E-state index in [1.54, 1.807) is 0 Å². The number of hydrogen-bond acceptors (Lipinski definition) is 3. The number of aryl methyl sites for hydroxylation is 3. The lowest BCUT2D eigenvalue weighted by Gasteiger charge is -2.21. The van der Waals surface area contributed by atoms with Crippen molar-refractivity contribution in [1.29, 1.82) is 0 Å². The van der Waals surface area contributed by atoms with Crippen LogP contribution in [-0.2, 0) is 9.53 Å². The van der Waals surface area contributed by atoms with E-state index >= 15 is 0 Å². The average molecular weight is 379 g/mol. The van der Waals surface area contributed by atoms with Crippen LogP contribution in [0.4, 0.5) is 0 Å². The van der Waals surface area contributed by atoms with E-state index in [0.29, 0.717) is 6.61 Å². The lowest BCUT2D eigenvalue weighted by atomic mass is 9.88. The molecule has 148 valence electrons. The first-order chi connectivity index (χ1) is 13.2. The van der Waals surface area contributed by atoms with Gasteiger partial charge in [-0.05, 0) is 82.9 Å². The van der Waals surface area contributed by atoms with Crippen LogP contribution in [0.25, 0.3) is 0 Å². The van der Waals surface area contributed by atoms with E-state index in [2.05, 4.69) is 37.0 Å². The molecule has 2 aromatic carbocycles. The summed E-state index contributed by atoms with van der Waals surface area (Å²) < 4.78 is 10.8. The molecule has 28 heavy (non-hydrogen) atoms. The number of carbonyl (C=O) groups is 1. The number of rotatable bonds is 6. The fraction of sp³-hybridized carbons (Fsp3) is 0.400. The fourth-order valence-corrected chi connectivity index (χ4v) is 2.93. The highest BCUT2D eigenvalue weighted by atomic mass is 16.5. The Kier molecular flexibility index (Phi) is 7.29. The topological polar surface area (TPSA) is 35.5 Å². The average Bonchev–Trinajstić information content (AvgIpc) is 2.66. The van der Waals surface area contributed by atoms with E-state index in [9.17, 15) is 4.79 Å². The SMILES string of the molecule is COC(=O)C(C)(C)CCCOc1cc(C)c(C#Cc2ccc(C)cc2)cc1C. The highest BCUT2D eigenvalue weighted by molar-refractivity contribution is 5.75. The highest BCUT2D eigenvalue weighted by Gasteiger charge is 2.27. The van der Waals surface area contributed by atoms with Gasteiger partial charge in [0, 0.05) is 11.1 Å². The lowest BCUT2D eigenvalue weighted by Crippen LogP contribution is -2.26. The Hall–Kier alpha value is -2.73. The minimum Gasteiger partial charge on any atom is -0.493 e. The molecular formula is C25H30O3. The Morgan fingerprint density at radius 1 is 1.00 bits per heavy atom. The van der Waals surface area contributed by atoms with Gasteiger partial charge in [-0.2, -0.15) is 0 Å². The maximum absolute atomic E-state index is 11.7. The van der Waals surface area contributed by atoms with Crippen LogP contribution in [0.3, 0.4) is 0 Å². The number of carbonyl (C=O) groups excluding carboxylic acids is 1. The van der Waals surface area contributed by atoms with Gasteiger partial charge in [0.2, 0.25) is 0 Å². The first-order valence-corrected chi connectivity index (χ1v) is 9.64. The van der Waals surface area contributed by atoms with Gasteiger partial charge < -0.3 is 9.47 Å². The molecule has 3 nitrogen and oxygen atoms in total. The molecule has 0 heterocycles. The second kappa shape index (κ2) is 9.46. The second-order valence-corrected chi connectivity index (χ2v) is 7.88. The summed E-state index contributed by atoms with van der Waals surface area (Å²) in [5.41, 5.74) is 4.92. The Bertz CT molecular complexity index is 880. The van der Waals surface area contributed by atoms with Crippen LogP contribution in [0, 0.1) is 38.0 Å². The number of benzene rings is 2. The van der Waals surface area contributed by atoms with Crippen LogP contribution in [0.5, 0.6) is 5.75 Å². The molecular weight excluding hydrogens is 348 g/mol. The van der Waals surface area contributed by atoms with E-state index < -0.39 is 5.41 Å². The molecule has 0 aromatic heterocycles. The Morgan fingerprint density at radius 2 is 1.68 bits per heavy atom. The summed E-state index contributed by atoms with van der Waals surface area (Å²) in [5.74, 6) is 7.18. The fourth-order valence-electron chi connectivity index (χ4n) is 2.93. The first kappa shape index (κ1) is 21.6. The van der Waals surface area contributed by atoms with Crippen LogP contribution < -0.4 is 4.74 Å². The Labute approximate surface area is 169 Å². The van der Waals surface area contributed by atoms with Gasteiger partial charge in [0.15, 0.2) is 0 Å². The molecule has 2 rings (SSSR count). The van der Waals surface area contributed by atoms with Crippen LogP contribution in [0.2, 0.25) is 0 Å². The minimum absolute atomic E-state index is 0.184. The number of esters is 1. The van der Waals surface area contributed by atoms with E-state index in [1.807, 2.05) is 45.9 Å². The molecule has 0 amide bonds. The van der Waals surface area contributed by atoms with Crippen molar-refractivity contribution in [3.63, 3.8) is 0 Å². The van der Waals surface area contributed by atoms with E-state index in [0.717, 1.165) is 40.8 Å². The van der Waals surface area contributed by atoms with Crippen molar-refractivity contribution in [2.24, 2.45) is 5.41 Å². The standard InChI is InChI=1S/C25H30O3/c1-18-8-10-21(11-9-18)12-13-22-16-20(3)23(17-19(22)2)28-15-7-14-25(4,5)24(26)27-6/h8-11,16-17H,7,14-15H2,1-6H3. The molecule has 2 aromatic rings. The van der Waals surface area contributed by atoms with Crippen molar-refractivity contribution < 1.29 is 14.3 Å². The zero-order chi connectivity index (χ0) is 20.7. The van der Waals surface area contributed by atoms with Crippen molar-refractivity contribution >= 4 is 5.97 Å². The van der Waals surface area contributed by atoms with Crippen LogP contribution in [-0.4, -0.2) is 19.7 Å². The summed E-state index contributed by atoms with van der Waals surface area (Å²) in [7, 11) is 1.43. The summed E-state index contributed by atoms with van der Waals surface area (Å²) >= 11 is 0. The molecule has 0 saturated heterocycles. The maximum atomic E-state index is 11.7. The third-order valence-corrected chi connectivity index (χ3v) is 4.86. The molecule has 0 aliphatic heterocycles. The van der Waals surface area contributed by atoms with Gasteiger partial charge in [-0.3, -0.25) is 4.79 Å². The van der Waals surface area contributed by atoms with Crippen molar-refractivity contribution in [2.75, 3.05) is 13.7 Å². The highest BCUT2D eigenvalue weighted by Crippen LogP contribution is 2.26.